The molecular formula is C10H13N3O2. The van der Waals surface area contributed by atoms with Gasteiger partial charge in [0.2, 0.25) is 0 Å². The number of fused-ring (bicyclic) bond motifs is 1. The van der Waals surface area contributed by atoms with Crippen LogP contribution in [0.5, 0.6) is 5.75 Å². The molecule has 15 heavy (non-hydrogen) atoms. The Morgan fingerprint density at radius 2 is 2.20 bits per heavy atom. The van der Waals surface area contributed by atoms with Crippen LogP contribution >= 0.6 is 0 Å². The van der Waals surface area contributed by atoms with Crippen LogP contribution in [0.25, 0.3) is 0 Å². The third-order valence-corrected chi connectivity index (χ3v) is 2.31. The lowest BCUT2D eigenvalue weighted by Crippen LogP contribution is -2.45. The van der Waals surface area contributed by atoms with Crippen molar-refractivity contribution < 1.29 is 9.53 Å². The summed E-state index contributed by atoms with van der Waals surface area (Å²) < 4.78 is 5.57. The Hall–Kier alpha value is -1.75. The van der Waals surface area contributed by atoms with Gasteiger partial charge in [0.25, 0.3) is 5.91 Å². The van der Waals surface area contributed by atoms with Crippen molar-refractivity contribution in [1.82, 2.24) is 0 Å². The molecule has 0 aliphatic carbocycles. The lowest BCUT2D eigenvalue weighted by molar-refractivity contribution is -0.129. The van der Waals surface area contributed by atoms with Gasteiger partial charge < -0.3 is 15.5 Å². The number of rotatable bonds is 1. The van der Waals surface area contributed by atoms with Crippen molar-refractivity contribution in [2.24, 2.45) is 5.84 Å². The highest BCUT2D eigenvalue weighted by Gasteiger charge is 2.35. The van der Waals surface area contributed by atoms with Gasteiger partial charge in [-0.25, -0.2) is 0 Å². The molecule has 0 fully saturated rings. The highest BCUT2D eigenvalue weighted by Crippen LogP contribution is 2.35. The van der Waals surface area contributed by atoms with Crippen LogP contribution in [-0.4, -0.2) is 11.5 Å². The molecule has 0 saturated carbocycles. The van der Waals surface area contributed by atoms with Crippen LogP contribution in [0, 0.1) is 0 Å². The Balaban J connectivity index is 2.42. The van der Waals surface area contributed by atoms with Crippen LogP contribution in [0.15, 0.2) is 18.2 Å². The van der Waals surface area contributed by atoms with E-state index in [1.165, 1.54) is 0 Å². The van der Waals surface area contributed by atoms with Crippen molar-refractivity contribution in [2.45, 2.75) is 19.4 Å². The van der Waals surface area contributed by atoms with E-state index in [4.69, 9.17) is 10.6 Å². The molecule has 1 aromatic carbocycles. The van der Waals surface area contributed by atoms with Gasteiger partial charge in [0.05, 0.1) is 11.4 Å². The fraction of sp³-hybridized carbons (Fsp3) is 0.300. The monoisotopic (exact) mass is 207 g/mol. The summed E-state index contributed by atoms with van der Waals surface area (Å²) in [4.78, 5) is 11.6. The Morgan fingerprint density at radius 1 is 1.47 bits per heavy atom. The summed E-state index contributed by atoms with van der Waals surface area (Å²) in [5.41, 5.74) is 3.08. The first kappa shape index (κ1) is 9.79. The van der Waals surface area contributed by atoms with Crippen molar-refractivity contribution in [2.75, 3.05) is 10.7 Å². The van der Waals surface area contributed by atoms with E-state index in [0.717, 1.165) is 5.69 Å². The summed E-state index contributed by atoms with van der Waals surface area (Å²) in [6.45, 7) is 3.43. The van der Waals surface area contributed by atoms with E-state index < -0.39 is 5.60 Å². The molecule has 80 valence electrons. The number of hydrogen-bond donors (Lipinski definition) is 3. The maximum Gasteiger partial charge on any atom is 0.268 e. The van der Waals surface area contributed by atoms with E-state index in [-0.39, 0.29) is 5.91 Å². The second kappa shape index (κ2) is 3.13. The van der Waals surface area contributed by atoms with Gasteiger partial charge >= 0.3 is 0 Å². The lowest BCUT2D eigenvalue weighted by Gasteiger charge is -2.31. The standard InChI is InChI=1S/C10H13N3O2/c1-10(2)9(14)12-7-4-3-6(13-11)5-8(7)15-10/h3-5,13H,11H2,1-2H3,(H,12,14). The fourth-order valence-electron chi connectivity index (χ4n) is 1.39. The molecule has 0 spiro atoms. The number of benzene rings is 1. The summed E-state index contributed by atoms with van der Waals surface area (Å²) in [6, 6.07) is 5.26. The molecule has 0 bridgehead atoms. The van der Waals surface area contributed by atoms with E-state index in [1.54, 1.807) is 32.0 Å². The normalized spacial score (nSPS) is 17.4. The minimum absolute atomic E-state index is 0.150. The average Bonchev–Trinajstić information content (AvgIpc) is 2.18. The molecule has 1 aliphatic heterocycles. The molecule has 2 rings (SSSR count). The molecule has 1 amide bonds. The zero-order valence-corrected chi connectivity index (χ0v) is 8.63. The smallest absolute Gasteiger partial charge is 0.268 e. The van der Waals surface area contributed by atoms with Crippen LogP contribution in [0.1, 0.15) is 13.8 Å². The molecule has 0 atom stereocenters. The first-order valence-electron chi connectivity index (χ1n) is 4.64. The predicted octanol–water partition coefficient (Wildman–Crippen LogP) is 1.08. The third-order valence-electron chi connectivity index (χ3n) is 2.31. The zero-order valence-electron chi connectivity index (χ0n) is 8.63. The van der Waals surface area contributed by atoms with E-state index >= 15 is 0 Å². The number of hydrogen-bond acceptors (Lipinski definition) is 4. The van der Waals surface area contributed by atoms with Crippen LogP contribution < -0.4 is 21.3 Å². The average molecular weight is 207 g/mol. The van der Waals surface area contributed by atoms with Gasteiger partial charge in [-0.05, 0) is 26.0 Å². The maximum absolute atomic E-state index is 11.6. The second-order valence-electron chi connectivity index (χ2n) is 3.92. The highest BCUT2D eigenvalue weighted by molar-refractivity contribution is 6.00. The minimum Gasteiger partial charge on any atom is -0.476 e. The number of carbonyl (C=O) groups is 1. The summed E-state index contributed by atoms with van der Waals surface area (Å²) in [5.74, 6) is 5.76. The molecule has 5 nitrogen and oxygen atoms in total. The van der Waals surface area contributed by atoms with E-state index in [2.05, 4.69) is 10.7 Å². The Morgan fingerprint density at radius 3 is 2.87 bits per heavy atom. The molecule has 0 aromatic heterocycles. The Bertz CT molecular complexity index is 415. The number of carbonyl (C=O) groups excluding carboxylic acids is 1. The largest absolute Gasteiger partial charge is 0.476 e. The van der Waals surface area contributed by atoms with Crippen LogP contribution in [0.3, 0.4) is 0 Å². The quantitative estimate of drug-likeness (QED) is 0.475. The predicted molar refractivity (Wildman–Crippen MR) is 57.6 cm³/mol. The first-order chi connectivity index (χ1) is 7.03. The van der Waals surface area contributed by atoms with Crippen molar-refractivity contribution in [3.05, 3.63) is 18.2 Å². The van der Waals surface area contributed by atoms with Crippen molar-refractivity contribution in [3.63, 3.8) is 0 Å². The Kier molecular flexibility index (Phi) is 2.04. The number of nitrogens with two attached hydrogens (primary N) is 1. The summed E-state index contributed by atoms with van der Waals surface area (Å²) >= 11 is 0. The molecule has 1 heterocycles. The zero-order chi connectivity index (χ0) is 11.1. The summed E-state index contributed by atoms with van der Waals surface area (Å²) in [6.07, 6.45) is 0. The maximum atomic E-state index is 11.6. The van der Waals surface area contributed by atoms with Crippen molar-refractivity contribution in [1.29, 1.82) is 0 Å². The Labute approximate surface area is 87.6 Å². The number of nitrogens with one attached hydrogen (secondary N) is 2. The van der Waals surface area contributed by atoms with Gasteiger partial charge in [0.1, 0.15) is 5.75 Å². The van der Waals surface area contributed by atoms with E-state index in [9.17, 15) is 4.79 Å². The molecule has 4 N–H and O–H groups in total. The van der Waals surface area contributed by atoms with Crippen molar-refractivity contribution in [3.8, 4) is 5.75 Å². The number of hydrazine groups is 1. The summed E-state index contributed by atoms with van der Waals surface area (Å²) in [5, 5.41) is 2.77. The molecule has 1 aromatic rings. The number of ether oxygens (including phenoxy) is 1. The molecule has 0 saturated heterocycles. The van der Waals surface area contributed by atoms with Gasteiger partial charge in [-0.1, -0.05) is 0 Å². The topological polar surface area (TPSA) is 76.4 Å². The molecular weight excluding hydrogens is 194 g/mol. The number of anilines is 2. The molecule has 1 aliphatic rings. The molecule has 0 radical (unpaired) electrons. The number of amides is 1. The molecule has 0 unspecified atom stereocenters. The van der Waals surface area contributed by atoms with Crippen LogP contribution in [0.2, 0.25) is 0 Å². The lowest BCUT2D eigenvalue weighted by atomic mass is 10.1. The SMILES string of the molecule is CC1(C)Oc2cc(NN)ccc2NC1=O. The van der Waals surface area contributed by atoms with E-state index in [1.807, 2.05) is 0 Å². The minimum atomic E-state index is -0.847. The van der Waals surface area contributed by atoms with Gasteiger partial charge in [0, 0.05) is 6.07 Å². The van der Waals surface area contributed by atoms with Crippen LogP contribution in [0.4, 0.5) is 11.4 Å². The van der Waals surface area contributed by atoms with Gasteiger partial charge in [-0.3, -0.25) is 10.6 Å². The molecule has 5 heteroatoms. The van der Waals surface area contributed by atoms with Gasteiger partial charge in [-0.2, -0.15) is 0 Å². The third kappa shape index (κ3) is 1.61. The fourth-order valence-corrected chi connectivity index (χ4v) is 1.39. The van der Waals surface area contributed by atoms with Crippen molar-refractivity contribution >= 4 is 17.3 Å². The van der Waals surface area contributed by atoms with Gasteiger partial charge in [0.15, 0.2) is 5.60 Å². The van der Waals surface area contributed by atoms with E-state index in [0.29, 0.717) is 11.4 Å². The number of nitrogen functional groups attached to an aromatic ring is 1. The first-order valence-corrected chi connectivity index (χ1v) is 4.64. The highest BCUT2D eigenvalue weighted by atomic mass is 16.5. The van der Waals surface area contributed by atoms with Gasteiger partial charge in [-0.15, -0.1) is 0 Å². The van der Waals surface area contributed by atoms with Crippen LogP contribution in [-0.2, 0) is 4.79 Å². The second-order valence-corrected chi connectivity index (χ2v) is 3.92. The summed E-state index contributed by atoms with van der Waals surface area (Å²) in [7, 11) is 0.